The van der Waals surface area contributed by atoms with Gasteiger partial charge in [-0.2, -0.15) is 0 Å². The zero-order valence-corrected chi connectivity index (χ0v) is 11.4. The molecule has 106 valence electrons. The van der Waals surface area contributed by atoms with Crippen molar-refractivity contribution in [2.24, 2.45) is 0 Å². The molecule has 1 aromatic carbocycles. The van der Waals surface area contributed by atoms with E-state index in [0.29, 0.717) is 11.3 Å². The van der Waals surface area contributed by atoms with Crippen molar-refractivity contribution in [2.45, 2.75) is 18.3 Å². The lowest BCUT2D eigenvalue weighted by Crippen LogP contribution is -2.41. The molecule has 1 aromatic rings. The predicted molar refractivity (Wildman–Crippen MR) is 72.2 cm³/mol. The van der Waals surface area contributed by atoms with Crippen LogP contribution >= 0.6 is 11.8 Å². The van der Waals surface area contributed by atoms with E-state index >= 15 is 0 Å². The SMILES string of the molecule is CC(=O)N1[C@@H](C(=O)O)CS[C@@H]1c1ccc([N+](=O)[O-])cc1. The first kappa shape index (κ1) is 14.3. The highest BCUT2D eigenvalue weighted by Gasteiger charge is 2.40. The highest BCUT2D eigenvalue weighted by molar-refractivity contribution is 7.99. The van der Waals surface area contributed by atoms with Gasteiger partial charge in [0.25, 0.3) is 5.69 Å². The molecule has 1 N–H and O–H groups in total. The Kier molecular flexibility index (Phi) is 3.93. The lowest BCUT2D eigenvalue weighted by atomic mass is 10.1. The van der Waals surface area contributed by atoms with Gasteiger partial charge in [-0.05, 0) is 17.7 Å². The van der Waals surface area contributed by atoms with Gasteiger partial charge >= 0.3 is 5.97 Å². The summed E-state index contributed by atoms with van der Waals surface area (Å²) in [5.41, 5.74) is 0.639. The molecule has 0 unspecified atom stereocenters. The van der Waals surface area contributed by atoms with E-state index in [0.717, 1.165) is 0 Å². The van der Waals surface area contributed by atoms with Crippen LogP contribution < -0.4 is 0 Å². The first-order valence-electron chi connectivity index (χ1n) is 5.79. The highest BCUT2D eigenvalue weighted by Crippen LogP contribution is 2.41. The van der Waals surface area contributed by atoms with Crippen LogP contribution in [0.5, 0.6) is 0 Å². The molecular weight excluding hydrogens is 284 g/mol. The van der Waals surface area contributed by atoms with Crippen LogP contribution in [-0.2, 0) is 9.59 Å². The van der Waals surface area contributed by atoms with Gasteiger partial charge in [0.15, 0.2) is 0 Å². The van der Waals surface area contributed by atoms with E-state index in [4.69, 9.17) is 5.11 Å². The second-order valence-electron chi connectivity index (χ2n) is 4.31. The first-order chi connectivity index (χ1) is 9.41. The number of hydrogen-bond donors (Lipinski definition) is 1. The van der Waals surface area contributed by atoms with Gasteiger partial charge in [0.2, 0.25) is 5.91 Å². The largest absolute Gasteiger partial charge is 0.480 e. The number of carbonyl (C=O) groups is 2. The molecule has 1 saturated heterocycles. The Hall–Kier alpha value is -2.09. The van der Waals surface area contributed by atoms with E-state index in [9.17, 15) is 19.7 Å². The second-order valence-corrected chi connectivity index (χ2v) is 5.43. The molecule has 7 nitrogen and oxygen atoms in total. The van der Waals surface area contributed by atoms with Crippen molar-refractivity contribution in [2.75, 3.05) is 5.75 Å². The number of carboxylic acids is 1. The zero-order chi connectivity index (χ0) is 14.9. The number of hydrogen-bond acceptors (Lipinski definition) is 5. The fourth-order valence-electron chi connectivity index (χ4n) is 2.10. The molecule has 2 rings (SSSR count). The lowest BCUT2D eigenvalue weighted by molar-refractivity contribution is -0.384. The van der Waals surface area contributed by atoms with Crippen molar-refractivity contribution in [3.63, 3.8) is 0 Å². The summed E-state index contributed by atoms with van der Waals surface area (Å²) in [6.07, 6.45) is 0. The number of nitro benzene ring substituents is 1. The molecule has 1 aliphatic rings. The molecule has 1 fully saturated rings. The van der Waals surface area contributed by atoms with Crippen molar-refractivity contribution >= 4 is 29.3 Å². The van der Waals surface area contributed by atoms with Crippen LogP contribution in [-0.4, -0.2) is 38.6 Å². The molecule has 0 spiro atoms. The third kappa shape index (κ3) is 2.60. The number of amides is 1. The van der Waals surface area contributed by atoms with Gasteiger partial charge in [0, 0.05) is 24.8 Å². The van der Waals surface area contributed by atoms with E-state index in [2.05, 4.69) is 0 Å². The second kappa shape index (κ2) is 5.49. The number of nitrogens with zero attached hydrogens (tertiary/aromatic N) is 2. The molecular formula is C12H12N2O5S. The molecule has 0 radical (unpaired) electrons. The van der Waals surface area contributed by atoms with Gasteiger partial charge in [0.1, 0.15) is 11.4 Å². The van der Waals surface area contributed by atoms with Gasteiger partial charge in [-0.15, -0.1) is 11.8 Å². The Morgan fingerprint density at radius 2 is 2.00 bits per heavy atom. The van der Waals surface area contributed by atoms with Gasteiger partial charge < -0.3 is 10.0 Å². The maximum Gasteiger partial charge on any atom is 0.327 e. The van der Waals surface area contributed by atoms with Crippen molar-refractivity contribution in [3.8, 4) is 0 Å². The molecule has 2 atom stereocenters. The van der Waals surface area contributed by atoms with E-state index in [1.807, 2.05) is 0 Å². The smallest absolute Gasteiger partial charge is 0.327 e. The minimum Gasteiger partial charge on any atom is -0.480 e. The fraction of sp³-hybridized carbons (Fsp3) is 0.333. The van der Waals surface area contributed by atoms with E-state index in [-0.39, 0.29) is 11.6 Å². The number of nitro groups is 1. The number of aliphatic carboxylic acids is 1. The standard InChI is InChI=1S/C12H12N2O5S/c1-7(15)13-10(12(16)17)6-20-11(13)8-2-4-9(5-3-8)14(18)19/h2-5,10-11H,6H2,1H3,(H,16,17)/t10-,11-/m1/s1. The van der Waals surface area contributed by atoms with Gasteiger partial charge in [0.05, 0.1) is 4.92 Å². The summed E-state index contributed by atoms with van der Waals surface area (Å²) in [5.74, 6) is -1.07. The number of non-ortho nitro benzene ring substituents is 1. The quantitative estimate of drug-likeness (QED) is 0.672. The maximum absolute atomic E-state index is 11.7. The van der Waals surface area contributed by atoms with Gasteiger partial charge in [-0.3, -0.25) is 14.9 Å². The zero-order valence-electron chi connectivity index (χ0n) is 10.6. The monoisotopic (exact) mass is 296 g/mol. The Morgan fingerprint density at radius 3 is 2.45 bits per heavy atom. The van der Waals surface area contributed by atoms with Crippen LogP contribution in [0.3, 0.4) is 0 Å². The highest BCUT2D eigenvalue weighted by atomic mass is 32.2. The predicted octanol–water partition coefficient (Wildman–Crippen LogP) is 1.64. The van der Waals surface area contributed by atoms with E-state index in [1.165, 1.54) is 35.7 Å². The Labute approximate surface area is 118 Å². The summed E-state index contributed by atoms with van der Waals surface area (Å²) in [6, 6.07) is 4.94. The molecule has 0 aliphatic carbocycles. The molecule has 0 aromatic heterocycles. The van der Waals surface area contributed by atoms with Crippen LogP contribution in [0, 0.1) is 10.1 Å². The van der Waals surface area contributed by atoms with Crippen LogP contribution in [0.25, 0.3) is 0 Å². The van der Waals surface area contributed by atoms with Crippen molar-refractivity contribution in [1.29, 1.82) is 0 Å². The number of carbonyl (C=O) groups excluding carboxylic acids is 1. The molecule has 1 aliphatic heterocycles. The maximum atomic E-state index is 11.7. The summed E-state index contributed by atoms with van der Waals surface area (Å²) in [4.78, 5) is 34.2. The molecule has 0 saturated carbocycles. The molecule has 1 amide bonds. The van der Waals surface area contributed by atoms with Gasteiger partial charge in [-0.1, -0.05) is 0 Å². The van der Waals surface area contributed by atoms with Crippen molar-refractivity contribution in [1.82, 2.24) is 4.90 Å². The van der Waals surface area contributed by atoms with Crippen molar-refractivity contribution < 1.29 is 19.6 Å². The Bertz CT molecular complexity index is 559. The average molecular weight is 296 g/mol. The average Bonchev–Trinajstić information content (AvgIpc) is 2.83. The normalized spacial score (nSPS) is 21.8. The molecule has 0 bridgehead atoms. The van der Waals surface area contributed by atoms with Crippen molar-refractivity contribution in [3.05, 3.63) is 39.9 Å². The number of carboxylic acid groups (broad SMARTS) is 1. The van der Waals surface area contributed by atoms with Crippen LogP contribution in [0.4, 0.5) is 5.69 Å². The summed E-state index contributed by atoms with van der Waals surface area (Å²) in [5, 5.41) is 19.3. The third-order valence-corrected chi connectivity index (χ3v) is 4.36. The summed E-state index contributed by atoms with van der Waals surface area (Å²) >= 11 is 1.34. The summed E-state index contributed by atoms with van der Waals surface area (Å²) in [6.45, 7) is 1.32. The fourth-order valence-corrected chi connectivity index (χ4v) is 3.57. The lowest BCUT2D eigenvalue weighted by Gasteiger charge is -2.26. The Morgan fingerprint density at radius 1 is 1.40 bits per heavy atom. The third-order valence-electron chi connectivity index (χ3n) is 3.04. The summed E-state index contributed by atoms with van der Waals surface area (Å²) < 4.78 is 0. The topological polar surface area (TPSA) is 101 Å². The first-order valence-corrected chi connectivity index (χ1v) is 6.84. The summed E-state index contributed by atoms with van der Waals surface area (Å²) in [7, 11) is 0. The number of benzene rings is 1. The molecule has 20 heavy (non-hydrogen) atoms. The number of rotatable bonds is 3. The van der Waals surface area contributed by atoms with E-state index < -0.39 is 22.3 Å². The molecule has 1 heterocycles. The Balaban J connectivity index is 2.29. The van der Waals surface area contributed by atoms with Crippen LogP contribution in [0.1, 0.15) is 17.9 Å². The van der Waals surface area contributed by atoms with E-state index in [1.54, 1.807) is 12.1 Å². The van der Waals surface area contributed by atoms with Crippen LogP contribution in [0.2, 0.25) is 0 Å². The molecule has 8 heteroatoms. The minimum atomic E-state index is -1.04. The number of thioether (sulfide) groups is 1. The minimum absolute atomic E-state index is 0.0408. The van der Waals surface area contributed by atoms with Crippen LogP contribution in [0.15, 0.2) is 24.3 Å². The van der Waals surface area contributed by atoms with Gasteiger partial charge in [-0.25, -0.2) is 4.79 Å².